The summed E-state index contributed by atoms with van der Waals surface area (Å²) in [6.45, 7) is 21.9. The van der Waals surface area contributed by atoms with Gasteiger partial charge in [0.15, 0.2) is 11.6 Å². The molecule has 1 saturated heterocycles. The average molecular weight is 232 g/mol. The van der Waals surface area contributed by atoms with Crippen LogP contribution in [0.15, 0.2) is 11.3 Å². The Kier molecular flexibility index (Phi) is 2.95. The minimum Gasteiger partial charge on any atom is -0.398 e. The van der Waals surface area contributed by atoms with E-state index in [9.17, 15) is 9.18 Å². The summed E-state index contributed by atoms with van der Waals surface area (Å²) >= 11 is 0. The molecule has 8 radical (unpaired) electrons. The zero-order valence-corrected chi connectivity index (χ0v) is 9.11. The molecule has 1 aliphatic carbocycles. The van der Waals surface area contributed by atoms with Gasteiger partial charge in [-0.2, -0.15) is 0 Å². The van der Waals surface area contributed by atoms with Gasteiger partial charge in [0.05, 0.1) is 11.2 Å². The van der Waals surface area contributed by atoms with Gasteiger partial charge in [0.25, 0.3) is 0 Å². The lowest BCUT2D eigenvalue weighted by molar-refractivity contribution is -0.117. The van der Waals surface area contributed by atoms with Gasteiger partial charge in [-0.15, -0.1) is 0 Å². The molecule has 0 atom stereocenters. The van der Waals surface area contributed by atoms with Gasteiger partial charge in [0, 0.05) is 34.1 Å². The third kappa shape index (κ3) is 2.06. The van der Waals surface area contributed by atoms with Crippen LogP contribution < -0.4 is 0 Å². The number of ketones is 1. The van der Waals surface area contributed by atoms with Gasteiger partial charge in [-0.3, -0.25) is 4.79 Å². The van der Waals surface area contributed by atoms with E-state index in [-0.39, 0.29) is 11.9 Å². The van der Waals surface area contributed by atoms with E-state index in [4.69, 9.17) is 37.0 Å². The molecule has 5 heteroatoms. The fourth-order valence-corrected chi connectivity index (χ4v) is 1.76. The van der Waals surface area contributed by atoms with E-state index < -0.39 is 29.9 Å². The number of hydrogen-bond acceptors (Lipinski definition) is 3. The van der Waals surface area contributed by atoms with E-state index in [0.29, 0.717) is 12.8 Å². The van der Waals surface area contributed by atoms with Crippen LogP contribution >= 0.6 is 0 Å². The van der Waals surface area contributed by atoms with Crippen molar-refractivity contribution in [3.05, 3.63) is 39.0 Å². The Morgan fingerprint density at radius 2 is 1.65 bits per heavy atom. The predicted octanol–water partition coefficient (Wildman–Crippen LogP) is 1.36. The topological polar surface area (TPSA) is 35.5 Å². The lowest BCUT2D eigenvalue weighted by atomic mass is 9.72. The van der Waals surface area contributed by atoms with Crippen LogP contribution in [0.4, 0.5) is 4.39 Å². The van der Waals surface area contributed by atoms with Gasteiger partial charge in [-0.25, -0.2) is 4.39 Å². The van der Waals surface area contributed by atoms with Gasteiger partial charge in [-0.1, -0.05) is 0 Å². The molecule has 1 aliphatic heterocycles. The second-order valence-electron chi connectivity index (χ2n) is 4.27. The molecule has 86 valence electrons. The fraction of sp³-hybridized carbons (Fsp3) is 0.417. The van der Waals surface area contributed by atoms with Crippen LogP contribution in [0.5, 0.6) is 0 Å². The smallest absolute Gasteiger partial charge is 0.398 e. The van der Waals surface area contributed by atoms with Gasteiger partial charge in [0.2, 0.25) is 0 Å². The van der Waals surface area contributed by atoms with Crippen molar-refractivity contribution < 1.29 is 18.5 Å². The first-order chi connectivity index (χ1) is 7.74. The first-order valence-electron chi connectivity index (χ1n) is 5.17. The molecule has 2 aliphatic rings. The SMILES string of the molecule is [CH]C1([CH])OB(C2=C(F)C(=O)CCC2)OC1([CH])[CH]. The quantitative estimate of drug-likeness (QED) is 0.640. The molecule has 0 unspecified atom stereocenters. The minimum absolute atomic E-state index is 0.0549. The highest BCUT2D eigenvalue weighted by Gasteiger charge is 2.54. The molecule has 0 bridgehead atoms. The highest BCUT2D eigenvalue weighted by atomic mass is 19.1. The maximum absolute atomic E-state index is 13.6. The molecule has 17 heavy (non-hydrogen) atoms. The van der Waals surface area contributed by atoms with Crippen LogP contribution in [0.1, 0.15) is 19.3 Å². The fourth-order valence-electron chi connectivity index (χ4n) is 1.76. The van der Waals surface area contributed by atoms with Gasteiger partial charge in [-0.05, 0) is 18.3 Å². The minimum atomic E-state index is -1.94. The summed E-state index contributed by atoms with van der Waals surface area (Å²) < 4.78 is 23.7. The molecule has 0 N–H and O–H groups in total. The van der Waals surface area contributed by atoms with Gasteiger partial charge >= 0.3 is 7.12 Å². The molecule has 3 nitrogen and oxygen atoms in total. The molecule has 2 rings (SSSR count). The summed E-state index contributed by atoms with van der Waals surface area (Å²) in [6, 6.07) is 0. The third-order valence-corrected chi connectivity index (χ3v) is 2.88. The summed E-state index contributed by atoms with van der Waals surface area (Å²) in [6.07, 6.45) is 0.984. The van der Waals surface area contributed by atoms with E-state index in [1.165, 1.54) is 0 Å². The van der Waals surface area contributed by atoms with Gasteiger partial charge < -0.3 is 9.31 Å². The zero-order chi connectivity index (χ0) is 12.8. The van der Waals surface area contributed by atoms with Crippen molar-refractivity contribution in [2.75, 3.05) is 0 Å². The molecule has 0 aromatic rings. The standard InChI is InChI=1S/C12H10BFO3/c1-11(2)12(3,4)17-13(16-11)8-6-5-7-9(15)10(8)14/h1-4H,5-7H2. The Morgan fingerprint density at radius 1 is 1.12 bits per heavy atom. The van der Waals surface area contributed by atoms with E-state index in [1.807, 2.05) is 0 Å². The second-order valence-corrected chi connectivity index (χ2v) is 4.27. The average Bonchev–Trinajstić information content (AvgIpc) is 2.40. The summed E-state index contributed by atoms with van der Waals surface area (Å²) in [5.74, 6) is -1.47. The largest absolute Gasteiger partial charge is 0.493 e. The molecular formula is C12H10BFO3. The Bertz CT molecular complexity index is 371. The third-order valence-electron chi connectivity index (χ3n) is 2.88. The molecule has 1 fully saturated rings. The maximum Gasteiger partial charge on any atom is 0.493 e. The number of halogens is 1. The summed E-state index contributed by atoms with van der Waals surface area (Å²) in [7, 11) is -1.22. The summed E-state index contributed by atoms with van der Waals surface area (Å²) in [5, 5.41) is 0. The van der Waals surface area contributed by atoms with E-state index in [0.717, 1.165) is 0 Å². The van der Waals surface area contributed by atoms with Crippen molar-refractivity contribution in [2.24, 2.45) is 0 Å². The van der Waals surface area contributed by atoms with Crippen molar-refractivity contribution in [1.82, 2.24) is 0 Å². The van der Waals surface area contributed by atoms with Crippen molar-refractivity contribution in [1.29, 1.82) is 0 Å². The van der Waals surface area contributed by atoms with Crippen molar-refractivity contribution in [2.45, 2.75) is 30.5 Å². The van der Waals surface area contributed by atoms with Crippen molar-refractivity contribution >= 4 is 12.9 Å². The summed E-state index contributed by atoms with van der Waals surface area (Å²) in [5.41, 5.74) is -3.82. The van der Waals surface area contributed by atoms with Crippen LogP contribution in [-0.2, 0) is 14.1 Å². The van der Waals surface area contributed by atoms with Crippen LogP contribution in [-0.4, -0.2) is 24.1 Å². The molecule has 0 aromatic carbocycles. The normalized spacial score (nSPS) is 27.8. The van der Waals surface area contributed by atoms with Crippen LogP contribution in [0, 0.1) is 27.7 Å². The van der Waals surface area contributed by atoms with Crippen LogP contribution in [0.2, 0.25) is 0 Å². The molecule has 0 spiro atoms. The predicted molar refractivity (Wildman–Crippen MR) is 57.6 cm³/mol. The zero-order valence-electron chi connectivity index (χ0n) is 9.11. The lowest BCUT2D eigenvalue weighted by Crippen LogP contribution is -2.43. The number of carbonyl (C=O) groups excluding carboxylic acids is 1. The molecular weight excluding hydrogens is 222 g/mol. The number of Topliss-reactive ketones (excluding diaryl/α,β-unsaturated/α-hetero) is 1. The second kappa shape index (κ2) is 3.92. The number of hydrogen-bond donors (Lipinski definition) is 0. The highest BCUT2D eigenvalue weighted by Crippen LogP contribution is 2.40. The Morgan fingerprint density at radius 3 is 2.18 bits per heavy atom. The monoisotopic (exact) mass is 232 g/mol. The van der Waals surface area contributed by atoms with E-state index >= 15 is 0 Å². The van der Waals surface area contributed by atoms with Crippen LogP contribution in [0.3, 0.4) is 0 Å². The lowest BCUT2D eigenvalue weighted by Gasteiger charge is -2.30. The van der Waals surface area contributed by atoms with Gasteiger partial charge in [0.1, 0.15) is 0 Å². The van der Waals surface area contributed by atoms with Crippen molar-refractivity contribution in [3.8, 4) is 0 Å². The first-order valence-corrected chi connectivity index (χ1v) is 5.17. The highest BCUT2D eigenvalue weighted by molar-refractivity contribution is 6.55. The Balaban J connectivity index is 2.27. The Labute approximate surface area is 101 Å². The number of carbonyl (C=O) groups is 1. The Hall–Kier alpha value is -0.675. The first kappa shape index (κ1) is 12.8. The molecule has 0 amide bonds. The summed E-state index contributed by atoms with van der Waals surface area (Å²) in [4.78, 5) is 11.2. The molecule has 1 heterocycles. The maximum atomic E-state index is 13.6. The number of rotatable bonds is 1. The van der Waals surface area contributed by atoms with Crippen molar-refractivity contribution in [3.63, 3.8) is 0 Å². The van der Waals surface area contributed by atoms with E-state index in [1.54, 1.807) is 0 Å². The molecule has 0 aromatic heterocycles. The van der Waals surface area contributed by atoms with E-state index in [2.05, 4.69) is 0 Å². The molecule has 0 saturated carbocycles. The van der Waals surface area contributed by atoms with Crippen LogP contribution in [0.25, 0.3) is 0 Å². The number of allylic oxidation sites excluding steroid dienone is 2.